The fourth-order valence-corrected chi connectivity index (χ4v) is 4.64. The van der Waals surface area contributed by atoms with Gasteiger partial charge < -0.3 is 4.90 Å². The van der Waals surface area contributed by atoms with Crippen molar-refractivity contribution in [3.63, 3.8) is 0 Å². The molecule has 0 aromatic heterocycles. The summed E-state index contributed by atoms with van der Waals surface area (Å²) >= 11 is 5.95. The van der Waals surface area contributed by atoms with Crippen LogP contribution in [0.3, 0.4) is 0 Å². The molecule has 2 fully saturated rings. The van der Waals surface area contributed by atoms with Crippen molar-refractivity contribution in [1.29, 1.82) is 0 Å². The van der Waals surface area contributed by atoms with Crippen molar-refractivity contribution in [2.75, 3.05) is 4.90 Å². The fourth-order valence-electron chi connectivity index (χ4n) is 4.52. The van der Waals surface area contributed by atoms with Crippen LogP contribution in [0, 0.1) is 11.8 Å². The van der Waals surface area contributed by atoms with Gasteiger partial charge in [0.1, 0.15) is 6.04 Å². The number of rotatable bonds is 2. The van der Waals surface area contributed by atoms with Crippen LogP contribution >= 0.6 is 11.6 Å². The number of carbonyl (C=O) groups is 3. The van der Waals surface area contributed by atoms with Gasteiger partial charge >= 0.3 is 0 Å². The second-order valence-corrected chi connectivity index (χ2v) is 7.47. The van der Waals surface area contributed by atoms with E-state index in [9.17, 15) is 14.4 Å². The minimum absolute atomic E-state index is 0.181. The maximum absolute atomic E-state index is 13.4. The van der Waals surface area contributed by atoms with Gasteiger partial charge in [-0.3, -0.25) is 19.7 Å². The Morgan fingerprint density at radius 1 is 0.963 bits per heavy atom. The molecule has 5 rings (SSSR count). The van der Waals surface area contributed by atoms with Crippen LogP contribution in [0.15, 0.2) is 54.6 Å². The van der Waals surface area contributed by atoms with Gasteiger partial charge in [0.05, 0.1) is 17.9 Å². The van der Waals surface area contributed by atoms with Crippen molar-refractivity contribution in [3.05, 3.63) is 70.8 Å². The lowest BCUT2D eigenvalue weighted by molar-refractivity contribution is -0.126. The maximum atomic E-state index is 13.4. The van der Waals surface area contributed by atoms with E-state index in [2.05, 4.69) is 5.32 Å². The fraction of sp³-hybridized carbons (Fsp3) is 0.190. The van der Waals surface area contributed by atoms with Gasteiger partial charge in [-0.15, -0.1) is 0 Å². The van der Waals surface area contributed by atoms with Crippen molar-refractivity contribution >= 4 is 41.0 Å². The quantitative estimate of drug-likeness (QED) is 0.644. The van der Waals surface area contributed by atoms with E-state index in [1.165, 1.54) is 0 Å². The highest BCUT2D eigenvalue weighted by Gasteiger charge is 2.61. The molecule has 27 heavy (non-hydrogen) atoms. The standard InChI is InChI=1S/C21H15ClN2O3/c22-13-8-5-12(6-9-13)19(25)18-17-16(20(26)23-21(17)27)15-10-7-11-3-1-2-4-14(11)24(15)18/h1-10,15-18H,(H,23,26,27)/t15-,16-,17-,18+/m1/s1. The molecule has 134 valence electrons. The second kappa shape index (κ2) is 5.79. The number of ketones is 1. The molecule has 0 radical (unpaired) electrons. The minimum atomic E-state index is -0.737. The SMILES string of the molecule is O=C1NC(=O)[C@H]2[C@@H]1[C@@H](C(=O)c1ccc(Cl)cc1)N1c3ccccc3C=C[C@H]21. The van der Waals surface area contributed by atoms with Crippen molar-refractivity contribution in [2.24, 2.45) is 11.8 Å². The zero-order valence-electron chi connectivity index (χ0n) is 14.1. The number of amides is 2. The molecule has 0 saturated carbocycles. The normalized spacial score (nSPS) is 27.8. The predicted molar refractivity (Wildman–Crippen MR) is 101 cm³/mol. The Bertz CT molecular complexity index is 1010. The molecule has 1 N–H and O–H groups in total. The molecule has 6 heteroatoms. The Balaban J connectivity index is 1.66. The molecule has 4 atom stereocenters. The average Bonchev–Trinajstić information content (AvgIpc) is 3.17. The molecule has 3 aliphatic heterocycles. The maximum Gasteiger partial charge on any atom is 0.233 e. The largest absolute Gasteiger partial charge is 0.352 e. The van der Waals surface area contributed by atoms with Gasteiger partial charge in [0.25, 0.3) is 0 Å². The van der Waals surface area contributed by atoms with Crippen LogP contribution in [-0.4, -0.2) is 29.7 Å². The summed E-state index contributed by atoms with van der Waals surface area (Å²) < 4.78 is 0. The van der Waals surface area contributed by atoms with Crippen LogP contribution in [0.4, 0.5) is 5.69 Å². The summed E-state index contributed by atoms with van der Waals surface area (Å²) in [5.74, 6) is -2.14. The van der Waals surface area contributed by atoms with E-state index in [1.54, 1.807) is 24.3 Å². The smallest absolute Gasteiger partial charge is 0.233 e. The van der Waals surface area contributed by atoms with Crippen molar-refractivity contribution in [3.8, 4) is 0 Å². The zero-order valence-corrected chi connectivity index (χ0v) is 14.9. The van der Waals surface area contributed by atoms with Gasteiger partial charge in [0.2, 0.25) is 11.8 Å². The lowest BCUT2D eigenvalue weighted by Gasteiger charge is -2.35. The Kier molecular flexibility index (Phi) is 3.49. The number of nitrogens with one attached hydrogen (secondary N) is 1. The molecule has 0 spiro atoms. The number of para-hydroxylation sites is 1. The van der Waals surface area contributed by atoms with Crippen molar-refractivity contribution in [1.82, 2.24) is 5.32 Å². The van der Waals surface area contributed by atoms with Crippen molar-refractivity contribution < 1.29 is 14.4 Å². The summed E-state index contributed by atoms with van der Waals surface area (Å²) in [7, 11) is 0. The van der Waals surface area contributed by atoms with Crippen molar-refractivity contribution in [2.45, 2.75) is 12.1 Å². The third-order valence-corrected chi connectivity index (χ3v) is 5.91. The first-order valence-corrected chi connectivity index (χ1v) is 9.14. The number of benzene rings is 2. The van der Waals surface area contributed by atoms with Gasteiger partial charge in [-0.1, -0.05) is 42.0 Å². The summed E-state index contributed by atoms with van der Waals surface area (Å²) in [4.78, 5) is 40.4. The first-order chi connectivity index (χ1) is 13.1. The van der Waals surface area contributed by atoms with Gasteiger partial charge in [-0.2, -0.15) is 0 Å². The molecular formula is C21H15ClN2O3. The summed E-state index contributed by atoms with van der Waals surface area (Å²) in [5, 5.41) is 2.95. The van der Waals surface area contributed by atoms with Gasteiger partial charge in [0, 0.05) is 16.3 Å². The molecule has 0 aliphatic carbocycles. The molecule has 0 bridgehead atoms. The zero-order chi connectivity index (χ0) is 18.7. The molecule has 2 saturated heterocycles. The summed E-state index contributed by atoms with van der Waals surface area (Å²) in [6.45, 7) is 0. The number of carbonyl (C=O) groups excluding carboxylic acids is 3. The first kappa shape index (κ1) is 16.3. The number of Topliss-reactive ketones (excluding diaryl/α,β-unsaturated/α-hetero) is 1. The molecule has 0 unspecified atom stereocenters. The number of halogens is 1. The van der Waals surface area contributed by atoms with E-state index in [4.69, 9.17) is 11.6 Å². The lowest BCUT2D eigenvalue weighted by Crippen LogP contribution is -2.47. The van der Waals surface area contributed by atoms with Crippen LogP contribution in [0.2, 0.25) is 5.02 Å². The Morgan fingerprint density at radius 3 is 2.44 bits per heavy atom. The Morgan fingerprint density at radius 2 is 1.67 bits per heavy atom. The van der Waals surface area contributed by atoms with Gasteiger partial charge in [0.15, 0.2) is 5.78 Å². The monoisotopic (exact) mass is 378 g/mol. The van der Waals surface area contributed by atoms with Crippen LogP contribution in [0.5, 0.6) is 0 Å². The minimum Gasteiger partial charge on any atom is -0.352 e. The lowest BCUT2D eigenvalue weighted by atomic mass is 9.86. The number of fused-ring (bicyclic) bond motifs is 5. The highest BCUT2D eigenvalue weighted by Crippen LogP contribution is 2.46. The molecule has 5 nitrogen and oxygen atoms in total. The number of imide groups is 1. The highest BCUT2D eigenvalue weighted by molar-refractivity contribution is 6.30. The van der Waals surface area contributed by atoms with Crippen LogP contribution < -0.4 is 10.2 Å². The van der Waals surface area contributed by atoms with Crippen LogP contribution in [0.1, 0.15) is 15.9 Å². The Labute approximate surface area is 160 Å². The molecule has 3 aliphatic rings. The predicted octanol–water partition coefficient (Wildman–Crippen LogP) is 2.70. The number of hydrogen-bond donors (Lipinski definition) is 1. The Hall–Kier alpha value is -2.92. The summed E-state index contributed by atoms with van der Waals surface area (Å²) in [5.41, 5.74) is 2.31. The third-order valence-electron chi connectivity index (χ3n) is 5.65. The number of hydrogen-bond acceptors (Lipinski definition) is 4. The van der Waals surface area contributed by atoms with E-state index in [0.29, 0.717) is 10.6 Å². The van der Waals surface area contributed by atoms with E-state index in [1.807, 2.05) is 41.3 Å². The average molecular weight is 379 g/mol. The number of nitrogens with zero attached hydrogens (tertiary/aromatic N) is 1. The highest BCUT2D eigenvalue weighted by atomic mass is 35.5. The summed E-state index contributed by atoms with van der Waals surface area (Å²) in [6.07, 6.45) is 3.88. The molecule has 2 aromatic carbocycles. The first-order valence-electron chi connectivity index (χ1n) is 8.76. The third kappa shape index (κ3) is 2.28. The van der Waals surface area contributed by atoms with Gasteiger partial charge in [-0.25, -0.2) is 0 Å². The van der Waals surface area contributed by atoms with Gasteiger partial charge in [-0.05, 0) is 35.9 Å². The van der Waals surface area contributed by atoms with E-state index in [-0.39, 0.29) is 23.6 Å². The topological polar surface area (TPSA) is 66.5 Å². The van der Waals surface area contributed by atoms with E-state index in [0.717, 1.165) is 11.3 Å². The second-order valence-electron chi connectivity index (χ2n) is 7.04. The summed E-state index contributed by atoms with van der Waals surface area (Å²) in [6, 6.07) is 13.3. The van der Waals surface area contributed by atoms with Crippen LogP contribution in [-0.2, 0) is 9.59 Å². The number of anilines is 1. The molecular weight excluding hydrogens is 364 g/mol. The molecule has 2 amide bonds. The van der Waals surface area contributed by atoms with E-state index < -0.39 is 17.9 Å². The van der Waals surface area contributed by atoms with E-state index >= 15 is 0 Å². The molecule has 2 aromatic rings. The van der Waals surface area contributed by atoms with Crippen LogP contribution in [0.25, 0.3) is 6.08 Å². The molecule has 3 heterocycles.